The van der Waals surface area contributed by atoms with Crippen molar-refractivity contribution in [3.8, 4) is 6.07 Å². The molecule has 0 heterocycles. The molecule has 4 N–H and O–H groups in total. The number of carbonyl (C=O) groups excluding carboxylic acids is 1. The van der Waals surface area contributed by atoms with Crippen LogP contribution in [0.4, 0.5) is 30.7 Å². The highest BCUT2D eigenvalue weighted by Crippen LogP contribution is 2.55. The Labute approximate surface area is 174 Å². The molecule has 0 aliphatic heterocycles. The van der Waals surface area contributed by atoms with E-state index in [0.717, 1.165) is 6.08 Å². The second-order valence-electron chi connectivity index (χ2n) is 6.37. The highest BCUT2D eigenvalue weighted by Gasteiger charge is 2.73. The lowest BCUT2D eigenvalue weighted by atomic mass is 9.75. The number of allylic oxidation sites excluding steroid dienone is 2. The molecule has 1 amide bonds. The number of nitrogens with two attached hydrogens (primary N) is 2. The molecule has 0 saturated carbocycles. The fraction of sp³-hybridized carbons (Fsp3) is 0.294. The molecule has 2 rings (SSSR count). The molecular weight excluding hydrogens is 466 g/mol. The summed E-state index contributed by atoms with van der Waals surface area (Å²) < 4.78 is 92.5. The SMILES string of the molecule is N#CC1=CC=C(C(N)=O)CC1(N)c1c(Cl)cc(C(F)(C(F)(F)F)C(F)(F)F)cc1Cl. The minimum absolute atomic E-state index is 0.0790. The second-order valence-corrected chi connectivity index (χ2v) is 7.18. The van der Waals surface area contributed by atoms with Gasteiger partial charge in [-0.25, -0.2) is 4.39 Å². The van der Waals surface area contributed by atoms with Crippen LogP contribution in [-0.2, 0) is 16.0 Å². The Balaban J connectivity index is 2.76. The van der Waals surface area contributed by atoms with Crippen LogP contribution in [0.15, 0.2) is 35.4 Å². The molecular formula is C17H10Cl2F7N3O. The maximum Gasteiger partial charge on any atom is 0.435 e. The third kappa shape index (κ3) is 3.64. The Bertz CT molecular complexity index is 971. The Morgan fingerprint density at radius 2 is 1.50 bits per heavy atom. The molecule has 4 nitrogen and oxygen atoms in total. The molecule has 30 heavy (non-hydrogen) atoms. The number of benzene rings is 1. The molecule has 0 bridgehead atoms. The number of nitriles is 1. The van der Waals surface area contributed by atoms with Gasteiger partial charge in [-0.15, -0.1) is 0 Å². The third-order valence-corrected chi connectivity index (χ3v) is 5.10. The quantitative estimate of drug-likeness (QED) is 0.620. The summed E-state index contributed by atoms with van der Waals surface area (Å²) in [5, 5.41) is 7.56. The summed E-state index contributed by atoms with van der Waals surface area (Å²) >= 11 is 11.8. The van der Waals surface area contributed by atoms with Crippen molar-refractivity contribution >= 4 is 29.1 Å². The molecule has 0 radical (unpaired) electrons. The molecule has 1 unspecified atom stereocenters. The maximum atomic E-state index is 14.3. The number of hydrogen-bond donors (Lipinski definition) is 2. The van der Waals surface area contributed by atoms with Gasteiger partial charge in [0.05, 0.1) is 17.2 Å². The minimum Gasteiger partial charge on any atom is -0.366 e. The van der Waals surface area contributed by atoms with E-state index in [1.165, 1.54) is 6.08 Å². The van der Waals surface area contributed by atoms with Crippen LogP contribution in [0.3, 0.4) is 0 Å². The number of hydrogen-bond acceptors (Lipinski definition) is 3. The van der Waals surface area contributed by atoms with E-state index >= 15 is 0 Å². The molecule has 0 fully saturated rings. The lowest BCUT2D eigenvalue weighted by molar-refractivity contribution is -0.348. The first-order chi connectivity index (χ1) is 13.5. The number of rotatable bonds is 3. The predicted molar refractivity (Wildman–Crippen MR) is 92.8 cm³/mol. The van der Waals surface area contributed by atoms with Crippen LogP contribution in [0, 0.1) is 11.3 Å². The molecule has 0 saturated heterocycles. The van der Waals surface area contributed by atoms with E-state index in [0.29, 0.717) is 0 Å². The molecule has 13 heteroatoms. The van der Waals surface area contributed by atoms with Crippen molar-refractivity contribution in [2.24, 2.45) is 11.5 Å². The summed E-state index contributed by atoms with van der Waals surface area (Å²) in [5.41, 5.74) is 0.757. The van der Waals surface area contributed by atoms with Gasteiger partial charge in [0.25, 0.3) is 0 Å². The van der Waals surface area contributed by atoms with Crippen LogP contribution in [0.5, 0.6) is 0 Å². The van der Waals surface area contributed by atoms with Crippen molar-refractivity contribution in [1.82, 2.24) is 0 Å². The Kier molecular flexibility index (Phi) is 5.95. The van der Waals surface area contributed by atoms with Gasteiger partial charge in [-0.1, -0.05) is 29.3 Å². The van der Waals surface area contributed by atoms with E-state index < -0.39 is 57.1 Å². The van der Waals surface area contributed by atoms with Crippen LogP contribution in [-0.4, -0.2) is 18.3 Å². The van der Waals surface area contributed by atoms with Gasteiger partial charge in [-0.3, -0.25) is 4.79 Å². The summed E-state index contributed by atoms with van der Waals surface area (Å²) in [4.78, 5) is 11.5. The van der Waals surface area contributed by atoms with Crippen molar-refractivity contribution in [3.63, 3.8) is 0 Å². The summed E-state index contributed by atoms with van der Waals surface area (Å²) in [6.45, 7) is 0. The molecule has 1 atom stereocenters. The van der Waals surface area contributed by atoms with E-state index in [2.05, 4.69) is 0 Å². The van der Waals surface area contributed by atoms with Gasteiger partial charge in [0.15, 0.2) is 0 Å². The van der Waals surface area contributed by atoms with Crippen LogP contribution in [0.2, 0.25) is 10.0 Å². The fourth-order valence-electron chi connectivity index (χ4n) is 3.00. The van der Waals surface area contributed by atoms with Crippen molar-refractivity contribution in [2.75, 3.05) is 0 Å². The Morgan fingerprint density at radius 3 is 1.87 bits per heavy atom. The van der Waals surface area contributed by atoms with Crippen LogP contribution in [0.1, 0.15) is 17.5 Å². The van der Waals surface area contributed by atoms with Gasteiger partial charge in [0.2, 0.25) is 5.91 Å². The highest BCUT2D eigenvalue weighted by atomic mass is 35.5. The first-order valence-corrected chi connectivity index (χ1v) is 8.48. The first-order valence-electron chi connectivity index (χ1n) is 7.73. The Morgan fingerprint density at radius 1 is 1.03 bits per heavy atom. The van der Waals surface area contributed by atoms with Gasteiger partial charge >= 0.3 is 18.0 Å². The predicted octanol–water partition coefficient (Wildman–Crippen LogP) is 4.70. The summed E-state index contributed by atoms with van der Waals surface area (Å²) in [6.07, 6.45) is -11.0. The fourth-order valence-corrected chi connectivity index (χ4v) is 3.83. The molecule has 1 aromatic carbocycles. The van der Waals surface area contributed by atoms with E-state index in [9.17, 15) is 40.8 Å². The average molecular weight is 476 g/mol. The standard InChI is InChI=1S/C17H10Cl2F7N3O/c18-10-3-9(15(20,16(21,22)23)17(24,25)26)4-11(19)12(10)14(29)5-7(13(28)30)1-2-8(14)6-27/h1-4H,5,29H2,(H2,28,30). The lowest BCUT2D eigenvalue weighted by Crippen LogP contribution is -2.50. The van der Waals surface area contributed by atoms with E-state index in [1.807, 2.05) is 0 Å². The molecule has 1 aliphatic carbocycles. The van der Waals surface area contributed by atoms with Gasteiger partial charge in [0, 0.05) is 33.2 Å². The summed E-state index contributed by atoms with van der Waals surface area (Å²) in [6, 6.07) is 1.85. The largest absolute Gasteiger partial charge is 0.435 e. The topological polar surface area (TPSA) is 92.9 Å². The van der Waals surface area contributed by atoms with Gasteiger partial charge in [-0.2, -0.15) is 31.6 Å². The number of primary amides is 1. The van der Waals surface area contributed by atoms with Crippen molar-refractivity contribution in [3.05, 3.63) is 56.6 Å². The van der Waals surface area contributed by atoms with E-state index in [4.69, 9.17) is 34.7 Å². The van der Waals surface area contributed by atoms with E-state index in [-0.39, 0.29) is 23.3 Å². The van der Waals surface area contributed by atoms with E-state index in [1.54, 1.807) is 6.07 Å². The molecule has 1 aromatic rings. The average Bonchev–Trinajstić information content (AvgIpc) is 2.57. The Hall–Kier alpha value is -2.29. The number of nitrogens with zero attached hydrogens (tertiary/aromatic N) is 1. The maximum absolute atomic E-state index is 14.3. The first kappa shape index (κ1) is 24.0. The van der Waals surface area contributed by atoms with Crippen LogP contribution < -0.4 is 11.5 Å². The zero-order valence-corrected chi connectivity index (χ0v) is 15.9. The normalized spacial score (nSPS) is 20.3. The second kappa shape index (κ2) is 7.44. The number of amides is 1. The monoisotopic (exact) mass is 475 g/mol. The smallest absolute Gasteiger partial charge is 0.366 e. The minimum atomic E-state index is -6.38. The summed E-state index contributed by atoms with van der Waals surface area (Å²) in [5.74, 6) is -0.946. The summed E-state index contributed by atoms with van der Waals surface area (Å²) in [7, 11) is 0. The number of alkyl halides is 7. The van der Waals surface area contributed by atoms with Gasteiger partial charge in [-0.05, 0) is 18.2 Å². The number of halogens is 9. The van der Waals surface area contributed by atoms with Gasteiger partial charge in [0.1, 0.15) is 0 Å². The van der Waals surface area contributed by atoms with Crippen molar-refractivity contribution in [2.45, 2.75) is 30.0 Å². The highest BCUT2D eigenvalue weighted by molar-refractivity contribution is 6.36. The third-order valence-electron chi connectivity index (χ3n) is 4.51. The van der Waals surface area contributed by atoms with Crippen molar-refractivity contribution < 1.29 is 35.5 Å². The zero-order chi connectivity index (χ0) is 23.3. The van der Waals surface area contributed by atoms with Crippen LogP contribution >= 0.6 is 23.2 Å². The van der Waals surface area contributed by atoms with Crippen LogP contribution in [0.25, 0.3) is 0 Å². The lowest BCUT2D eigenvalue weighted by Gasteiger charge is -2.35. The van der Waals surface area contributed by atoms with Crippen molar-refractivity contribution in [1.29, 1.82) is 5.26 Å². The molecule has 0 spiro atoms. The molecule has 0 aromatic heterocycles. The number of carbonyl (C=O) groups is 1. The molecule has 1 aliphatic rings. The van der Waals surface area contributed by atoms with Gasteiger partial charge < -0.3 is 11.5 Å². The molecule has 162 valence electrons. The zero-order valence-electron chi connectivity index (χ0n) is 14.4.